The van der Waals surface area contributed by atoms with Crippen LogP contribution in [0.3, 0.4) is 0 Å². The zero-order chi connectivity index (χ0) is 15.9. The Morgan fingerprint density at radius 2 is 2.14 bits per heavy atom. The lowest BCUT2D eigenvalue weighted by atomic mass is 9.90. The van der Waals surface area contributed by atoms with Crippen molar-refractivity contribution in [1.82, 2.24) is 4.90 Å². The predicted molar refractivity (Wildman–Crippen MR) is 87.4 cm³/mol. The molecule has 1 fully saturated rings. The first kappa shape index (κ1) is 16.6. The van der Waals surface area contributed by atoms with Crippen LogP contribution in [-0.2, 0) is 0 Å². The van der Waals surface area contributed by atoms with Crippen LogP contribution in [0.15, 0.2) is 36.9 Å². The summed E-state index contributed by atoms with van der Waals surface area (Å²) in [5.74, 6) is 1.14. The highest BCUT2D eigenvalue weighted by molar-refractivity contribution is 5.87. The van der Waals surface area contributed by atoms with Gasteiger partial charge in [-0.25, -0.2) is 4.79 Å². The normalized spacial score (nSPS) is 22.2. The highest BCUT2D eigenvalue weighted by Crippen LogP contribution is 2.22. The molecule has 0 spiro atoms. The van der Waals surface area contributed by atoms with E-state index in [4.69, 9.17) is 9.84 Å². The van der Waals surface area contributed by atoms with Crippen LogP contribution in [0.25, 0.3) is 0 Å². The SMILES string of the molecule is C=CC1CC(C)CN(CCCOc2ccc(C(=O)O)cc2)C1. The summed E-state index contributed by atoms with van der Waals surface area (Å²) in [6.07, 6.45) is 4.28. The number of nitrogens with zero attached hydrogens (tertiary/aromatic N) is 1. The smallest absolute Gasteiger partial charge is 0.335 e. The third kappa shape index (κ3) is 4.88. The van der Waals surface area contributed by atoms with Crippen LogP contribution < -0.4 is 4.74 Å². The molecule has 0 bridgehead atoms. The van der Waals surface area contributed by atoms with E-state index in [0.29, 0.717) is 12.5 Å². The second-order valence-corrected chi connectivity index (χ2v) is 6.13. The molecule has 0 aromatic heterocycles. The van der Waals surface area contributed by atoms with Crippen molar-refractivity contribution < 1.29 is 14.6 Å². The first-order valence-electron chi connectivity index (χ1n) is 7.89. The van der Waals surface area contributed by atoms with Gasteiger partial charge in [0.1, 0.15) is 5.75 Å². The molecular formula is C18H25NO3. The molecule has 4 nitrogen and oxygen atoms in total. The minimum atomic E-state index is -0.914. The van der Waals surface area contributed by atoms with E-state index in [9.17, 15) is 4.79 Å². The van der Waals surface area contributed by atoms with Crippen molar-refractivity contribution in [1.29, 1.82) is 0 Å². The number of carbonyl (C=O) groups is 1. The zero-order valence-corrected chi connectivity index (χ0v) is 13.2. The number of hydrogen-bond donors (Lipinski definition) is 1. The number of likely N-dealkylation sites (tertiary alicyclic amines) is 1. The monoisotopic (exact) mass is 303 g/mol. The Bertz CT molecular complexity index is 498. The van der Waals surface area contributed by atoms with Crippen molar-refractivity contribution >= 4 is 5.97 Å². The summed E-state index contributed by atoms with van der Waals surface area (Å²) in [4.78, 5) is 13.3. The summed E-state index contributed by atoms with van der Waals surface area (Å²) in [6, 6.07) is 6.55. The first-order valence-corrected chi connectivity index (χ1v) is 7.89. The zero-order valence-electron chi connectivity index (χ0n) is 13.2. The van der Waals surface area contributed by atoms with Gasteiger partial charge in [0.2, 0.25) is 0 Å². The van der Waals surface area contributed by atoms with Crippen LogP contribution in [0.2, 0.25) is 0 Å². The molecule has 22 heavy (non-hydrogen) atoms. The van der Waals surface area contributed by atoms with Crippen LogP contribution in [0.5, 0.6) is 5.75 Å². The average Bonchev–Trinajstić information content (AvgIpc) is 2.51. The molecule has 0 aliphatic carbocycles. The highest BCUT2D eigenvalue weighted by atomic mass is 16.5. The Labute approximate surface area is 132 Å². The summed E-state index contributed by atoms with van der Waals surface area (Å²) in [6.45, 7) is 10.1. The number of hydrogen-bond acceptors (Lipinski definition) is 3. The molecule has 2 rings (SSSR count). The number of benzene rings is 1. The maximum absolute atomic E-state index is 10.8. The molecule has 0 amide bonds. The molecule has 120 valence electrons. The molecule has 0 saturated carbocycles. The van der Waals surface area contributed by atoms with Crippen molar-refractivity contribution in [2.45, 2.75) is 19.8 Å². The number of ether oxygens (including phenoxy) is 1. The summed E-state index contributed by atoms with van der Waals surface area (Å²) >= 11 is 0. The summed E-state index contributed by atoms with van der Waals surface area (Å²) in [7, 11) is 0. The van der Waals surface area contributed by atoms with Gasteiger partial charge >= 0.3 is 5.97 Å². The lowest BCUT2D eigenvalue weighted by Crippen LogP contribution is -2.39. The number of carboxylic acid groups (broad SMARTS) is 1. The second-order valence-electron chi connectivity index (χ2n) is 6.13. The van der Waals surface area contributed by atoms with Gasteiger partial charge in [-0.05, 0) is 48.9 Å². The fourth-order valence-corrected chi connectivity index (χ4v) is 3.04. The predicted octanol–water partition coefficient (Wildman–Crippen LogP) is 3.30. The van der Waals surface area contributed by atoms with Gasteiger partial charge in [-0.2, -0.15) is 0 Å². The maximum Gasteiger partial charge on any atom is 0.335 e. The van der Waals surface area contributed by atoms with Gasteiger partial charge in [0.25, 0.3) is 0 Å². The topological polar surface area (TPSA) is 49.8 Å². The quantitative estimate of drug-likeness (QED) is 0.620. The molecule has 1 saturated heterocycles. The maximum atomic E-state index is 10.8. The number of rotatable bonds is 7. The van der Waals surface area contributed by atoms with Gasteiger partial charge in [-0.1, -0.05) is 13.0 Å². The highest BCUT2D eigenvalue weighted by Gasteiger charge is 2.22. The largest absolute Gasteiger partial charge is 0.494 e. The van der Waals surface area contributed by atoms with Crippen molar-refractivity contribution in [2.75, 3.05) is 26.2 Å². The van der Waals surface area contributed by atoms with Crippen LogP contribution in [0.1, 0.15) is 30.1 Å². The van der Waals surface area contributed by atoms with E-state index in [0.717, 1.165) is 37.7 Å². The molecule has 2 atom stereocenters. The molecule has 1 aliphatic rings. The molecular weight excluding hydrogens is 278 g/mol. The lowest BCUT2D eigenvalue weighted by molar-refractivity contribution is 0.0697. The molecule has 4 heteroatoms. The van der Waals surface area contributed by atoms with Gasteiger partial charge in [-0.3, -0.25) is 0 Å². The Kier molecular flexibility index (Phi) is 6.01. The molecule has 1 N–H and O–H groups in total. The molecule has 1 aromatic rings. The second kappa shape index (κ2) is 7.99. The molecule has 1 aromatic carbocycles. The first-order chi connectivity index (χ1) is 10.6. The van der Waals surface area contributed by atoms with E-state index >= 15 is 0 Å². The van der Waals surface area contributed by atoms with Crippen molar-refractivity contribution in [3.05, 3.63) is 42.5 Å². The average molecular weight is 303 g/mol. The standard InChI is InChI=1S/C18H25NO3/c1-3-15-11-14(2)12-19(13-15)9-4-10-22-17-7-5-16(6-8-17)18(20)21/h3,5-8,14-15H,1,4,9-13H2,2H3,(H,20,21). The molecule has 1 aliphatic heterocycles. The van der Waals surface area contributed by atoms with E-state index in [2.05, 4.69) is 24.5 Å². The molecule has 2 unspecified atom stereocenters. The van der Waals surface area contributed by atoms with Gasteiger partial charge in [0.05, 0.1) is 12.2 Å². The van der Waals surface area contributed by atoms with Gasteiger partial charge in [0, 0.05) is 19.6 Å². The van der Waals surface area contributed by atoms with Gasteiger partial charge in [-0.15, -0.1) is 6.58 Å². The van der Waals surface area contributed by atoms with E-state index < -0.39 is 5.97 Å². The molecule has 0 radical (unpaired) electrons. The van der Waals surface area contributed by atoms with E-state index in [-0.39, 0.29) is 5.56 Å². The van der Waals surface area contributed by atoms with E-state index in [1.807, 2.05) is 0 Å². The lowest BCUT2D eigenvalue weighted by Gasteiger charge is -2.35. The van der Waals surface area contributed by atoms with Crippen molar-refractivity contribution in [3.8, 4) is 5.75 Å². The summed E-state index contributed by atoms with van der Waals surface area (Å²) in [5, 5.41) is 8.84. The van der Waals surface area contributed by atoms with Crippen LogP contribution in [0, 0.1) is 11.8 Å². The Morgan fingerprint density at radius 3 is 2.77 bits per heavy atom. The minimum absolute atomic E-state index is 0.283. The van der Waals surface area contributed by atoms with Crippen LogP contribution >= 0.6 is 0 Å². The minimum Gasteiger partial charge on any atom is -0.494 e. The number of piperidine rings is 1. The fraction of sp³-hybridized carbons (Fsp3) is 0.500. The third-order valence-corrected chi connectivity index (χ3v) is 4.09. The Morgan fingerprint density at radius 1 is 1.41 bits per heavy atom. The Hall–Kier alpha value is -1.81. The van der Waals surface area contributed by atoms with Crippen molar-refractivity contribution in [3.63, 3.8) is 0 Å². The van der Waals surface area contributed by atoms with Crippen molar-refractivity contribution in [2.24, 2.45) is 11.8 Å². The van der Waals surface area contributed by atoms with E-state index in [1.165, 1.54) is 6.42 Å². The number of carboxylic acids is 1. The van der Waals surface area contributed by atoms with Crippen LogP contribution in [-0.4, -0.2) is 42.2 Å². The van der Waals surface area contributed by atoms with Gasteiger partial charge < -0.3 is 14.7 Å². The summed E-state index contributed by atoms with van der Waals surface area (Å²) in [5.41, 5.74) is 0.283. The number of aromatic carboxylic acids is 1. The molecule has 1 heterocycles. The van der Waals surface area contributed by atoms with E-state index in [1.54, 1.807) is 24.3 Å². The fourth-order valence-electron chi connectivity index (χ4n) is 3.04. The summed E-state index contributed by atoms with van der Waals surface area (Å²) < 4.78 is 5.67. The van der Waals surface area contributed by atoms with Crippen LogP contribution in [0.4, 0.5) is 0 Å². The van der Waals surface area contributed by atoms with Gasteiger partial charge in [0.15, 0.2) is 0 Å². The third-order valence-electron chi connectivity index (χ3n) is 4.09. The Balaban J connectivity index is 1.70.